The molecule has 27 heavy (non-hydrogen) atoms. The van der Waals surface area contributed by atoms with Gasteiger partial charge in [-0.3, -0.25) is 10.1 Å². The molecule has 0 saturated heterocycles. The maximum absolute atomic E-state index is 12.2. The van der Waals surface area contributed by atoms with Crippen LogP contribution in [0.15, 0.2) is 36.4 Å². The van der Waals surface area contributed by atoms with Crippen LogP contribution in [-0.2, 0) is 4.79 Å². The van der Waals surface area contributed by atoms with Gasteiger partial charge in [0.1, 0.15) is 11.5 Å². The van der Waals surface area contributed by atoms with Crippen LogP contribution in [0.2, 0.25) is 0 Å². The minimum absolute atomic E-state index is 0.151. The largest absolute Gasteiger partial charge is 0.497 e. The average molecular weight is 370 g/mol. The molecule has 2 N–H and O–H groups in total. The van der Waals surface area contributed by atoms with Crippen LogP contribution in [0.1, 0.15) is 39.0 Å². The Morgan fingerprint density at radius 2 is 1.67 bits per heavy atom. The van der Waals surface area contributed by atoms with Crippen molar-refractivity contribution in [1.29, 1.82) is 0 Å². The third-order valence-corrected chi connectivity index (χ3v) is 4.88. The summed E-state index contributed by atoms with van der Waals surface area (Å²) in [7, 11) is 1.62. The molecule has 1 saturated carbocycles. The molecule has 1 fully saturated rings. The van der Waals surface area contributed by atoms with E-state index in [1.807, 2.05) is 30.3 Å². The normalized spacial score (nSPS) is 15.8. The van der Waals surface area contributed by atoms with E-state index in [0.717, 1.165) is 42.2 Å². The Hall–Kier alpha value is -2.76. The second-order valence-corrected chi connectivity index (χ2v) is 6.93. The molecular formula is C21H26N2O4. The van der Waals surface area contributed by atoms with Crippen molar-refractivity contribution >= 4 is 22.7 Å². The molecule has 2 aromatic rings. The second-order valence-electron chi connectivity index (χ2n) is 6.93. The molecule has 0 aromatic heterocycles. The number of hydrogen-bond donors (Lipinski definition) is 2. The molecule has 0 heterocycles. The summed E-state index contributed by atoms with van der Waals surface area (Å²) < 4.78 is 11.0. The highest BCUT2D eigenvalue weighted by molar-refractivity contribution is 5.96. The molecule has 1 aliphatic rings. The van der Waals surface area contributed by atoms with E-state index in [9.17, 15) is 9.59 Å². The van der Waals surface area contributed by atoms with Gasteiger partial charge in [0, 0.05) is 6.04 Å². The van der Waals surface area contributed by atoms with E-state index < -0.39 is 18.0 Å². The summed E-state index contributed by atoms with van der Waals surface area (Å²) in [6.07, 6.45) is 4.59. The minimum Gasteiger partial charge on any atom is -0.497 e. The SMILES string of the molecule is COc1ccc2ccc(O[C@H](C)C(=O)NC(=O)NC3CCCCC3)cc2c1. The molecule has 2 aromatic carbocycles. The fourth-order valence-electron chi connectivity index (χ4n) is 3.34. The second kappa shape index (κ2) is 8.75. The highest BCUT2D eigenvalue weighted by Crippen LogP contribution is 2.25. The topological polar surface area (TPSA) is 76.7 Å². The van der Waals surface area contributed by atoms with E-state index in [1.165, 1.54) is 6.42 Å². The van der Waals surface area contributed by atoms with Gasteiger partial charge in [-0.2, -0.15) is 0 Å². The number of urea groups is 1. The number of carbonyl (C=O) groups is 2. The first-order chi connectivity index (χ1) is 13.0. The van der Waals surface area contributed by atoms with E-state index in [4.69, 9.17) is 9.47 Å². The molecule has 144 valence electrons. The number of hydrogen-bond acceptors (Lipinski definition) is 4. The van der Waals surface area contributed by atoms with E-state index in [-0.39, 0.29) is 6.04 Å². The van der Waals surface area contributed by atoms with Crippen molar-refractivity contribution in [2.45, 2.75) is 51.2 Å². The molecular weight excluding hydrogens is 344 g/mol. The van der Waals surface area contributed by atoms with Crippen molar-refractivity contribution in [1.82, 2.24) is 10.6 Å². The molecule has 0 radical (unpaired) electrons. The number of benzene rings is 2. The van der Waals surface area contributed by atoms with Gasteiger partial charge in [-0.1, -0.05) is 31.4 Å². The summed E-state index contributed by atoms with van der Waals surface area (Å²) in [6, 6.07) is 11.0. The fourth-order valence-corrected chi connectivity index (χ4v) is 3.34. The lowest BCUT2D eigenvalue weighted by molar-refractivity contribution is -0.126. The fraction of sp³-hybridized carbons (Fsp3) is 0.429. The summed E-state index contributed by atoms with van der Waals surface area (Å²) in [6.45, 7) is 1.62. The maximum atomic E-state index is 12.2. The Morgan fingerprint density at radius 3 is 2.37 bits per heavy atom. The molecule has 6 nitrogen and oxygen atoms in total. The van der Waals surface area contributed by atoms with Gasteiger partial charge >= 0.3 is 6.03 Å². The first kappa shape index (κ1) is 19.0. The number of amides is 3. The van der Waals surface area contributed by atoms with Gasteiger partial charge in [0.2, 0.25) is 0 Å². The van der Waals surface area contributed by atoms with Gasteiger partial charge in [0.05, 0.1) is 7.11 Å². The lowest BCUT2D eigenvalue weighted by Gasteiger charge is -2.23. The van der Waals surface area contributed by atoms with E-state index in [2.05, 4.69) is 10.6 Å². The zero-order valence-corrected chi connectivity index (χ0v) is 15.8. The molecule has 0 aliphatic heterocycles. The van der Waals surface area contributed by atoms with Crippen LogP contribution in [0, 0.1) is 0 Å². The third kappa shape index (κ3) is 5.12. The van der Waals surface area contributed by atoms with Crippen molar-refractivity contribution in [3.63, 3.8) is 0 Å². The smallest absolute Gasteiger partial charge is 0.321 e. The van der Waals surface area contributed by atoms with Gasteiger partial charge in [-0.15, -0.1) is 0 Å². The number of rotatable bonds is 5. The lowest BCUT2D eigenvalue weighted by Crippen LogP contribution is -2.48. The zero-order valence-electron chi connectivity index (χ0n) is 15.8. The summed E-state index contributed by atoms with van der Waals surface area (Å²) in [5.41, 5.74) is 0. The molecule has 0 unspecified atom stereocenters. The molecule has 1 aliphatic carbocycles. The zero-order chi connectivity index (χ0) is 19.2. The standard InChI is InChI=1S/C21H26N2O4/c1-14(20(24)23-21(25)22-17-6-4-3-5-7-17)27-19-11-9-15-8-10-18(26-2)12-16(15)13-19/h8-14,17H,3-7H2,1-2H3,(H2,22,23,24,25)/t14-/m1/s1. The molecule has 3 amide bonds. The number of imide groups is 1. The van der Waals surface area contributed by atoms with Crippen molar-refractivity contribution < 1.29 is 19.1 Å². The van der Waals surface area contributed by atoms with Crippen LogP contribution < -0.4 is 20.1 Å². The van der Waals surface area contributed by atoms with E-state index in [0.29, 0.717) is 5.75 Å². The molecule has 6 heteroatoms. The Labute approximate surface area is 159 Å². The number of nitrogens with one attached hydrogen (secondary N) is 2. The van der Waals surface area contributed by atoms with Crippen LogP contribution >= 0.6 is 0 Å². The maximum Gasteiger partial charge on any atom is 0.321 e. The van der Waals surface area contributed by atoms with Gasteiger partial charge in [-0.05, 0) is 54.8 Å². The number of fused-ring (bicyclic) bond motifs is 1. The van der Waals surface area contributed by atoms with E-state index in [1.54, 1.807) is 20.1 Å². The number of carbonyl (C=O) groups excluding carboxylic acids is 2. The highest BCUT2D eigenvalue weighted by atomic mass is 16.5. The Balaban J connectivity index is 1.57. The summed E-state index contributed by atoms with van der Waals surface area (Å²) >= 11 is 0. The molecule has 3 rings (SSSR count). The predicted molar refractivity (Wildman–Crippen MR) is 104 cm³/mol. The molecule has 0 bridgehead atoms. The minimum atomic E-state index is -0.787. The van der Waals surface area contributed by atoms with Crippen LogP contribution in [0.4, 0.5) is 4.79 Å². The molecule has 1 atom stereocenters. The van der Waals surface area contributed by atoms with Gasteiger partial charge < -0.3 is 14.8 Å². The summed E-state index contributed by atoms with van der Waals surface area (Å²) in [4.78, 5) is 24.3. The highest BCUT2D eigenvalue weighted by Gasteiger charge is 2.20. The van der Waals surface area contributed by atoms with Crippen molar-refractivity contribution in [2.75, 3.05) is 7.11 Å². The first-order valence-corrected chi connectivity index (χ1v) is 9.41. The van der Waals surface area contributed by atoms with Gasteiger partial charge in [0.25, 0.3) is 5.91 Å². The lowest BCUT2D eigenvalue weighted by atomic mass is 9.96. The van der Waals surface area contributed by atoms with Crippen LogP contribution in [0.25, 0.3) is 10.8 Å². The number of ether oxygens (including phenoxy) is 2. The predicted octanol–water partition coefficient (Wildman–Crippen LogP) is 3.77. The Kier molecular flexibility index (Phi) is 6.16. The quantitative estimate of drug-likeness (QED) is 0.840. The van der Waals surface area contributed by atoms with Crippen LogP contribution in [-0.4, -0.2) is 31.2 Å². The average Bonchev–Trinajstić information content (AvgIpc) is 2.68. The van der Waals surface area contributed by atoms with Crippen molar-refractivity contribution in [3.05, 3.63) is 36.4 Å². The van der Waals surface area contributed by atoms with Crippen LogP contribution in [0.5, 0.6) is 11.5 Å². The van der Waals surface area contributed by atoms with Gasteiger partial charge in [0.15, 0.2) is 6.10 Å². The van der Waals surface area contributed by atoms with Crippen molar-refractivity contribution in [2.24, 2.45) is 0 Å². The summed E-state index contributed by atoms with van der Waals surface area (Å²) in [5.74, 6) is 0.852. The number of methoxy groups -OCH3 is 1. The molecule has 0 spiro atoms. The Bertz CT molecular complexity index is 815. The monoisotopic (exact) mass is 370 g/mol. The van der Waals surface area contributed by atoms with Gasteiger partial charge in [-0.25, -0.2) is 4.79 Å². The van der Waals surface area contributed by atoms with Crippen molar-refractivity contribution in [3.8, 4) is 11.5 Å². The van der Waals surface area contributed by atoms with Crippen LogP contribution in [0.3, 0.4) is 0 Å². The summed E-state index contributed by atoms with van der Waals surface area (Å²) in [5, 5.41) is 7.24. The first-order valence-electron chi connectivity index (χ1n) is 9.41. The third-order valence-electron chi connectivity index (χ3n) is 4.88. The van der Waals surface area contributed by atoms with E-state index >= 15 is 0 Å². The Morgan fingerprint density at radius 1 is 1.00 bits per heavy atom.